The molecule has 1 aliphatic heterocycles. The Morgan fingerprint density at radius 2 is 2.13 bits per heavy atom. The normalized spacial score (nSPS) is 17.7. The van der Waals surface area contributed by atoms with Gasteiger partial charge in [0.2, 0.25) is 5.91 Å². The van der Waals surface area contributed by atoms with Gasteiger partial charge < -0.3 is 14.6 Å². The molecule has 6 nitrogen and oxygen atoms in total. The minimum Gasteiger partial charge on any atom is -0.378 e. The number of carbonyl (C=O) groups is 1. The second-order valence-electron chi connectivity index (χ2n) is 6.04. The average Bonchev–Trinajstić information content (AvgIpc) is 3.13. The fourth-order valence-electron chi connectivity index (χ4n) is 3.36. The maximum absolute atomic E-state index is 12.4. The first-order chi connectivity index (χ1) is 11.2. The summed E-state index contributed by atoms with van der Waals surface area (Å²) in [7, 11) is 0. The summed E-state index contributed by atoms with van der Waals surface area (Å²) in [5, 5.41) is 0.769. The van der Waals surface area contributed by atoms with Crippen LogP contribution in [0.25, 0.3) is 10.2 Å². The van der Waals surface area contributed by atoms with Gasteiger partial charge in [-0.25, -0.2) is 4.98 Å². The number of H-pyrrole nitrogens is 1. The fourth-order valence-corrected chi connectivity index (χ4v) is 4.64. The average molecular weight is 333 g/mol. The predicted octanol–water partition coefficient (Wildman–Crippen LogP) is 1.26. The lowest BCUT2D eigenvalue weighted by molar-refractivity contribution is -0.135. The van der Waals surface area contributed by atoms with Crippen LogP contribution < -0.4 is 5.56 Å². The number of rotatable bonds is 3. The van der Waals surface area contributed by atoms with Crippen molar-refractivity contribution in [2.45, 2.75) is 32.1 Å². The zero-order valence-electron chi connectivity index (χ0n) is 12.9. The first-order valence-electron chi connectivity index (χ1n) is 8.11. The van der Waals surface area contributed by atoms with Gasteiger partial charge in [0.1, 0.15) is 10.7 Å². The molecule has 4 rings (SSSR count). The third-order valence-corrected chi connectivity index (χ3v) is 5.75. The molecular weight excluding hydrogens is 314 g/mol. The van der Waals surface area contributed by atoms with Gasteiger partial charge in [-0.3, -0.25) is 9.59 Å². The molecule has 0 aromatic carbocycles. The van der Waals surface area contributed by atoms with Crippen LogP contribution in [0.4, 0.5) is 0 Å². The molecule has 0 saturated carbocycles. The highest BCUT2D eigenvalue weighted by molar-refractivity contribution is 7.18. The predicted molar refractivity (Wildman–Crippen MR) is 88.0 cm³/mol. The molecule has 1 fully saturated rings. The summed E-state index contributed by atoms with van der Waals surface area (Å²) in [6, 6.07) is 0. The second kappa shape index (κ2) is 6.05. The first-order valence-corrected chi connectivity index (χ1v) is 8.93. The van der Waals surface area contributed by atoms with Gasteiger partial charge in [0.25, 0.3) is 5.56 Å². The molecule has 0 spiro atoms. The largest absolute Gasteiger partial charge is 0.378 e. The number of aromatic amines is 1. The molecule has 1 saturated heterocycles. The van der Waals surface area contributed by atoms with E-state index in [9.17, 15) is 9.59 Å². The molecule has 0 atom stereocenters. The number of hydrogen-bond acceptors (Lipinski definition) is 5. The molecule has 1 amide bonds. The summed E-state index contributed by atoms with van der Waals surface area (Å²) in [5.74, 6) is 0.716. The van der Waals surface area contributed by atoms with E-state index in [4.69, 9.17) is 4.74 Å². The van der Waals surface area contributed by atoms with Crippen LogP contribution in [0.2, 0.25) is 0 Å². The number of fused-ring (bicyclic) bond motifs is 3. The Kier molecular flexibility index (Phi) is 3.90. The van der Waals surface area contributed by atoms with Crippen molar-refractivity contribution in [2.75, 3.05) is 26.3 Å². The molecule has 2 aromatic heterocycles. The van der Waals surface area contributed by atoms with Crippen LogP contribution in [0.3, 0.4) is 0 Å². The summed E-state index contributed by atoms with van der Waals surface area (Å²) >= 11 is 1.63. The minimum absolute atomic E-state index is 0.0526. The van der Waals surface area contributed by atoms with Crippen molar-refractivity contribution in [1.29, 1.82) is 0 Å². The lowest BCUT2D eigenvalue weighted by Gasteiger charge is -2.26. The third kappa shape index (κ3) is 2.79. The van der Waals surface area contributed by atoms with E-state index in [1.165, 1.54) is 10.4 Å². The Bertz CT molecular complexity index is 805. The van der Waals surface area contributed by atoms with E-state index in [0.29, 0.717) is 45.0 Å². The standard InChI is InChI=1S/C16H19N3O3S/c20-13(19-6-8-22-9-7-19)5-4-12-17-15(21)14-10-2-1-3-11(10)23-16(14)18-12/h1-9H2,(H,17,18,21). The number of amides is 1. The number of ether oxygens (including phenoxy) is 1. The number of morpholine rings is 1. The number of hydrogen-bond donors (Lipinski definition) is 1. The molecular formula is C16H19N3O3S. The molecule has 3 heterocycles. The first kappa shape index (κ1) is 14.8. The van der Waals surface area contributed by atoms with Gasteiger partial charge in [-0.05, 0) is 24.8 Å². The quantitative estimate of drug-likeness (QED) is 0.918. The highest BCUT2D eigenvalue weighted by Gasteiger charge is 2.22. The van der Waals surface area contributed by atoms with Gasteiger partial charge in [0.15, 0.2) is 0 Å². The summed E-state index contributed by atoms with van der Waals surface area (Å²) < 4.78 is 5.25. The molecule has 1 aliphatic carbocycles. The smallest absolute Gasteiger partial charge is 0.259 e. The molecule has 122 valence electrons. The van der Waals surface area contributed by atoms with Gasteiger partial charge in [-0.15, -0.1) is 11.3 Å². The van der Waals surface area contributed by atoms with E-state index in [1.54, 1.807) is 11.3 Å². The molecule has 0 unspecified atom stereocenters. The van der Waals surface area contributed by atoms with Crippen molar-refractivity contribution in [3.63, 3.8) is 0 Å². The maximum atomic E-state index is 12.4. The Hall–Kier alpha value is -1.73. The van der Waals surface area contributed by atoms with E-state index < -0.39 is 0 Å². The highest BCUT2D eigenvalue weighted by Crippen LogP contribution is 2.34. The number of carbonyl (C=O) groups excluding carboxylic acids is 1. The Morgan fingerprint density at radius 3 is 2.96 bits per heavy atom. The van der Waals surface area contributed by atoms with Crippen molar-refractivity contribution in [1.82, 2.24) is 14.9 Å². The zero-order chi connectivity index (χ0) is 15.8. The summed E-state index contributed by atoms with van der Waals surface area (Å²) in [6.45, 7) is 2.51. The molecule has 7 heteroatoms. The highest BCUT2D eigenvalue weighted by atomic mass is 32.1. The molecule has 0 bridgehead atoms. The van der Waals surface area contributed by atoms with Crippen LogP contribution in [-0.4, -0.2) is 47.1 Å². The lowest BCUT2D eigenvalue weighted by Crippen LogP contribution is -2.40. The van der Waals surface area contributed by atoms with Crippen LogP contribution >= 0.6 is 11.3 Å². The van der Waals surface area contributed by atoms with E-state index in [2.05, 4.69) is 9.97 Å². The SMILES string of the molecule is O=C(CCc1nc2sc3c(c2c(=O)[nH]1)CCC3)N1CCOCC1. The number of thiophene rings is 1. The fraction of sp³-hybridized carbons (Fsp3) is 0.562. The number of aromatic nitrogens is 2. The van der Waals surface area contributed by atoms with Crippen LogP contribution in [0, 0.1) is 0 Å². The van der Waals surface area contributed by atoms with Crippen LogP contribution in [0.1, 0.15) is 29.1 Å². The molecule has 1 N–H and O–H groups in total. The van der Waals surface area contributed by atoms with Gasteiger partial charge >= 0.3 is 0 Å². The molecule has 23 heavy (non-hydrogen) atoms. The zero-order valence-corrected chi connectivity index (χ0v) is 13.7. The topological polar surface area (TPSA) is 75.3 Å². The van der Waals surface area contributed by atoms with Crippen LogP contribution in [-0.2, 0) is 28.8 Å². The minimum atomic E-state index is -0.0526. The van der Waals surface area contributed by atoms with Gasteiger partial charge in [-0.1, -0.05) is 0 Å². The monoisotopic (exact) mass is 333 g/mol. The molecule has 2 aliphatic rings. The van der Waals surface area contributed by atoms with E-state index in [0.717, 1.165) is 29.5 Å². The summed E-state index contributed by atoms with van der Waals surface area (Å²) in [5.41, 5.74) is 1.14. The lowest BCUT2D eigenvalue weighted by atomic mass is 10.2. The van der Waals surface area contributed by atoms with Crippen molar-refractivity contribution in [3.05, 3.63) is 26.6 Å². The molecule has 0 radical (unpaired) electrons. The molecule has 2 aromatic rings. The van der Waals surface area contributed by atoms with E-state index in [1.807, 2.05) is 4.90 Å². The third-order valence-electron chi connectivity index (χ3n) is 4.56. The van der Waals surface area contributed by atoms with Crippen LogP contribution in [0.5, 0.6) is 0 Å². The number of aryl methyl sites for hydroxylation is 3. The van der Waals surface area contributed by atoms with Crippen molar-refractivity contribution < 1.29 is 9.53 Å². The second-order valence-corrected chi connectivity index (χ2v) is 7.13. The number of nitrogens with zero attached hydrogens (tertiary/aromatic N) is 2. The Balaban J connectivity index is 1.51. The van der Waals surface area contributed by atoms with Crippen molar-refractivity contribution in [2.24, 2.45) is 0 Å². The van der Waals surface area contributed by atoms with Crippen molar-refractivity contribution in [3.8, 4) is 0 Å². The van der Waals surface area contributed by atoms with Gasteiger partial charge in [-0.2, -0.15) is 0 Å². The number of nitrogens with one attached hydrogen (secondary N) is 1. The van der Waals surface area contributed by atoms with Gasteiger partial charge in [0, 0.05) is 30.8 Å². The Labute approximate surface area is 137 Å². The Morgan fingerprint density at radius 1 is 1.30 bits per heavy atom. The van der Waals surface area contributed by atoms with E-state index in [-0.39, 0.29) is 11.5 Å². The van der Waals surface area contributed by atoms with Gasteiger partial charge in [0.05, 0.1) is 18.6 Å². The van der Waals surface area contributed by atoms with E-state index >= 15 is 0 Å². The summed E-state index contributed by atoms with van der Waals surface area (Å²) in [6.07, 6.45) is 4.02. The summed E-state index contributed by atoms with van der Waals surface area (Å²) in [4.78, 5) is 36.0. The van der Waals surface area contributed by atoms with Crippen molar-refractivity contribution >= 4 is 27.5 Å². The maximum Gasteiger partial charge on any atom is 0.259 e. The van der Waals surface area contributed by atoms with Crippen LogP contribution in [0.15, 0.2) is 4.79 Å².